The van der Waals surface area contributed by atoms with Gasteiger partial charge >= 0.3 is 0 Å². The standard InChI is InChI=1S/C24H16N2O3S/c27-21(17-9-5-2-6-10-17)22(28)18-11-13-19(14-12-18)23(29)26-24-25-20(15-30-24)16-7-3-1-4-8-16/h1-15H,(H,25,26,29). The number of nitrogens with one attached hydrogen (secondary N) is 1. The van der Waals surface area contributed by atoms with Crippen molar-refractivity contribution in [3.8, 4) is 11.3 Å². The van der Waals surface area contributed by atoms with Crippen LogP contribution in [-0.4, -0.2) is 22.5 Å². The number of benzene rings is 3. The van der Waals surface area contributed by atoms with Crippen molar-refractivity contribution >= 4 is 33.9 Å². The highest BCUT2D eigenvalue weighted by molar-refractivity contribution is 7.14. The van der Waals surface area contributed by atoms with E-state index in [2.05, 4.69) is 10.3 Å². The second kappa shape index (κ2) is 8.63. The van der Waals surface area contributed by atoms with Crippen LogP contribution in [0.2, 0.25) is 0 Å². The van der Waals surface area contributed by atoms with Gasteiger partial charge in [-0.2, -0.15) is 0 Å². The summed E-state index contributed by atoms with van der Waals surface area (Å²) in [5.74, 6) is -1.53. The Kier molecular flexibility index (Phi) is 5.59. The molecule has 0 unspecified atom stereocenters. The molecule has 0 bridgehead atoms. The zero-order valence-electron chi connectivity index (χ0n) is 15.7. The van der Waals surface area contributed by atoms with E-state index in [1.54, 1.807) is 30.3 Å². The first-order chi connectivity index (χ1) is 14.6. The largest absolute Gasteiger partial charge is 0.298 e. The molecule has 0 fully saturated rings. The minimum atomic E-state index is -0.611. The molecule has 0 saturated heterocycles. The summed E-state index contributed by atoms with van der Waals surface area (Å²) in [6.07, 6.45) is 0. The van der Waals surface area contributed by atoms with Gasteiger partial charge in [0, 0.05) is 27.6 Å². The highest BCUT2D eigenvalue weighted by atomic mass is 32.1. The number of amides is 1. The van der Waals surface area contributed by atoms with Crippen molar-refractivity contribution < 1.29 is 14.4 Å². The van der Waals surface area contributed by atoms with E-state index >= 15 is 0 Å². The monoisotopic (exact) mass is 412 g/mol. The second-order valence-electron chi connectivity index (χ2n) is 6.46. The molecule has 1 N–H and O–H groups in total. The number of nitrogens with zero attached hydrogens (tertiary/aromatic N) is 1. The minimum absolute atomic E-state index is 0.237. The SMILES string of the molecule is O=C(Nc1nc(-c2ccccc2)cs1)c1ccc(C(=O)C(=O)c2ccccc2)cc1. The number of anilines is 1. The minimum Gasteiger partial charge on any atom is -0.298 e. The zero-order valence-corrected chi connectivity index (χ0v) is 16.6. The molecule has 30 heavy (non-hydrogen) atoms. The molecule has 5 nitrogen and oxygen atoms in total. The van der Waals surface area contributed by atoms with E-state index < -0.39 is 11.6 Å². The molecule has 0 aliphatic rings. The molecule has 4 aromatic rings. The molecule has 1 amide bonds. The van der Waals surface area contributed by atoms with E-state index in [1.165, 1.54) is 35.6 Å². The Morgan fingerprint density at radius 3 is 1.83 bits per heavy atom. The molecular formula is C24H16N2O3S. The van der Waals surface area contributed by atoms with Crippen LogP contribution in [0, 0.1) is 0 Å². The predicted octanol–water partition coefficient (Wildman–Crippen LogP) is 5.13. The van der Waals surface area contributed by atoms with Gasteiger partial charge < -0.3 is 0 Å². The first-order valence-electron chi connectivity index (χ1n) is 9.18. The Labute approximate surface area is 177 Å². The third kappa shape index (κ3) is 4.24. The van der Waals surface area contributed by atoms with E-state index in [9.17, 15) is 14.4 Å². The number of rotatable bonds is 6. The molecule has 4 rings (SSSR count). The van der Waals surface area contributed by atoms with Crippen LogP contribution in [0.3, 0.4) is 0 Å². The summed E-state index contributed by atoms with van der Waals surface area (Å²) in [6.45, 7) is 0. The van der Waals surface area contributed by atoms with Crippen molar-refractivity contribution in [3.05, 3.63) is 107 Å². The fourth-order valence-electron chi connectivity index (χ4n) is 2.87. The first-order valence-corrected chi connectivity index (χ1v) is 10.1. The molecule has 3 aromatic carbocycles. The van der Waals surface area contributed by atoms with Gasteiger partial charge in [0.15, 0.2) is 5.13 Å². The van der Waals surface area contributed by atoms with Gasteiger partial charge in [-0.1, -0.05) is 72.8 Å². The van der Waals surface area contributed by atoms with Gasteiger partial charge in [0.05, 0.1) is 5.69 Å². The fourth-order valence-corrected chi connectivity index (χ4v) is 3.58. The lowest BCUT2D eigenvalue weighted by Gasteiger charge is -2.04. The summed E-state index contributed by atoms with van der Waals surface area (Å²) in [7, 11) is 0. The highest BCUT2D eigenvalue weighted by Gasteiger charge is 2.18. The average molecular weight is 412 g/mol. The normalized spacial score (nSPS) is 10.4. The Balaban J connectivity index is 1.44. The molecular weight excluding hydrogens is 396 g/mol. The van der Waals surface area contributed by atoms with Gasteiger partial charge in [0.2, 0.25) is 11.6 Å². The van der Waals surface area contributed by atoms with Crippen LogP contribution in [-0.2, 0) is 0 Å². The van der Waals surface area contributed by atoms with Crippen LogP contribution in [0.25, 0.3) is 11.3 Å². The Hall–Kier alpha value is -3.90. The van der Waals surface area contributed by atoms with E-state index in [4.69, 9.17) is 0 Å². The zero-order chi connectivity index (χ0) is 20.9. The summed E-state index contributed by atoms with van der Waals surface area (Å²) < 4.78 is 0. The van der Waals surface area contributed by atoms with Crippen molar-refractivity contribution in [2.45, 2.75) is 0 Å². The Bertz CT molecular complexity index is 1200. The second-order valence-corrected chi connectivity index (χ2v) is 7.32. The molecule has 0 atom stereocenters. The number of hydrogen-bond acceptors (Lipinski definition) is 5. The molecule has 0 saturated carbocycles. The maximum absolute atomic E-state index is 12.5. The summed E-state index contributed by atoms with van der Waals surface area (Å²) in [4.78, 5) is 41.6. The number of aromatic nitrogens is 1. The Morgan fingerprint density at radius 1 is 0.667 bits per heavy atom. The van der Waals surface area contributed by atoms with E-state index in [1.807, 2.05) is 35.7 Å². The van der Waals surface area contributed by atoms with Crippen LogP contribution in [0.4, 0.5) is 5.13 Å². The van der Waals surface area contributed by atoms with Gasteiger partial charge in [-0.05, 0) is 12.1 Å². The van der Waals surface area contributed by atoms with Crippen molar-refractivity contribution in [1.29, 1.82) is 0 Å². The molecule has 1 aromatic heterocycles. The lowest BCUT2D eigenvalue weighted by Crippen LogP contribution is -2.15. The van der Waals surface area contributed by atoms with Crippen LogP contribution in [0.5, 0.6) is 0 Å². The molecule has 0 aliphatic carbocycles. The first kappa shape index (κ1) is 19.4. The van der Waals surface area contributed by atoms with Gasteiger partial charge in [-0.15, -0.1) is 11.3 Å². The van der Waals surface area contributed by atoms with Gasteiger partial charge in [0.1, 0.15) is 0 Å². The van der Waals surface area contributed by atoms with Gasteiger partial charge in [-0.3, -0.25) is 19.7 Å². The van der Waals surface area contributed by atoms with Crippen LogP contribution in [0.1, 0.15) is 31.1 Å². The maximum atomic E-state index is 12.5. The fraction of sp³-hybridized carbons (Fsp3) is 0. The van der Waals surface area contributed by atoms with Crippen LogP contribution >= 0.6 is 11.3 Å². The topological polar surface area (TPSA) is 76.1 Å². The van der Waals surface area contributed by atoms with Crippen molar-refractivity contribution in [2.75, 3.05) is 5.32 Å². The van der Waals surface area contributed by atoms with Crippen LogP contribution < -0.4 is 5.32 Å². The van der Waals surface area contributed by atoms with E-state index in [0.717, 1.165) is 11.3 Å². The summed E-state index contributed by atoms with van der Waals surface area (Å²) in [5.41, 5.74) is 2.70. The molecule has 0 radical (unpaired) electrons. The molecule has 0 spiro atoms. The summed E-state index contributed by atoms with van der Waals surface area (Å²) in [6, 6.07) is 24.1. The molecule has 6 heteroatoms. The van der Waals surface area contributed by atoms with Crippen molar-refractivity contribution in [3.63, 3.8) is 0 Å². The molecule has 1 heterocycles. The van der Waals surface area contributed by atoms with E-state index in [-0.39, 0.29) is 11.5 Å². The maximum Gasteiger partial charge on any atom is 0.257 e. The number of hydrogen-bond donors (Lipinski definition) is 1. The average Bonchev–Trinajstić information content (AvgIpc) is 3.28. The number of ketones is 2. The highest BCUT2D eigenvalue weighted by Crippen LogP contribution is 2.25. The van der Waals surface area contributed by atoms with Crippen molar-refractivity contribution in [2.24, 2.45) is 0 Å². The van der Waals surface area contributed by atoms with Gasteiger partial charge in [-0.25, -0.2) is 4.98 Å². The smallest absolute Gasteiger partial charge is 0.257 e. The number of carbonyl (C=O) groups is 3. The third-order valence-electron chi connectivity index (χ3n) is 4.45. The summed E-state index contributed by atoms with van der Waals surface area (Å²) in [5, 5.41) is 5.12. The summed E-state index contributed by atoms with van der Waals surface area (Å²) >= 11 is 1.34. The lowest BCUT2D eigenvalue weighted by molar-refractivity contribution is 0.0817. The molecule has 0 aliphatic heterocycles. The van der Waals surface area contributed by atoms with Crippen molar-refractivity contribution in [1.82, 2.24) is 4.98 Å². The lowest BCUT2D eigenvalue weighted by atomic mass is 10.0. The third-order valence-corrected chi connectivity index (χ3v) is 5.20. The number of Topliss-reactive ketones (excluding diaryl/α,β-unsaturated/α-hetero) is 2. The number of thiazole rings is 1. The van der Waals surface area contributed by atoms with Crippen LogP contribution in [0.15, 0.2) is 90.3 Å². The Morgan fingerprint density at radius 2 is 1.20 bits per heavy atom. The number of carbonyl (C=O) groups excluding carboxylic acids is 3. The quantitative estimate of drug-likeness (QED) is 0.352. The van der Waals surface area contributed by atoms with E-state index in [0.29, 0.717) is 16.3 Å². The van der Waals surface area contributed by atoms with Gasteiger partial charge in [0.25, 0.3) is 5.91 Å². The predicted molar refractivity (Wildman–Crippen MR) is 117 cm³/mol. The molecule has 146 valence electrons.